The Balaban J connectivity index is 2.04. The van der Waals surface area contributed by atoms with Gasteiger partial charge >= 0.3 is 5.97 Å². The quantitative estimate of drug-likeness (QED) is 0.644. The highest BCUT2D eigenvalue weighted by molar-refractivity contribution is 5.79. The molecule has 0 amide bonds. The summed E-state index contributed by atoms with van der Waals surface area (Å²) >= 11 is 0. The third-order valence-electron chi connectivity index (χ3n) is 3.36. The molecule has 2 rings (SSSR count). The van der Waals surface area contributed by atoms with Gasteiger partial charge in [0.1, 0.15) is 5.60 Å². The van der Waals surface area contributed by atoms with Crippen molar-refractivity contribution in [1.29, 1.82) is 0 Å². The number of rotatable bonds is 1. The van der Waals surface area contributed by atoms with Crippen LogP contribution in [0.4, 0.5) is 0 Å². The first-order valence-corrected chi connectivity index (χ1v) is 5.38. The normalized spacial score (nSPS) is 36.1. The van der Waals surface area contributed by atoms with Gasteiger partial charge in [-0.2, -0.15) is 0 Å². The van der Waals surface area contributed by atoms with Crippen LogP contribution in [0.25, 0.3) is 0 Å². The molecule has 1 saturated heterocycles. The lowest BCUT2D eigenvalue weighted by atomic mass is 9.62. The summed E-state index contributed by atoms with van der Waals surface area (Å²) in [5.41, 5.74) is -0.526. The number of esters is 1. The van der Waals surface area contributed by atoms with Crippen molar-refractivity contribution in [2.24, 2.45) is 11.3 Å². The molecule has 0 aromatic carbocycles. The number of carbonyl (C=O) groups is 1. The minimum absolute atomic E-state index is 0.00579. The highest BCUT2D eigenvalue weighted by atomic mass is 16.6. The van der Waals surface area contributed by atoms with E-state index in [1.54, 1.807) is 0 Å². The molecule has 1 N–H and O–H groups in total. The molecule has 3 heteroatoms. The standard InChI is InChI=1S/C11H19NO2/c1-10(2,3)14-9(13)11-5-4-8(11)6-12-7-11/h8,12H,4-7H2,1-3H3/t8-,11-/m0/s1. The Bertz CT molecular complexity index is 257. The van der Waals surface area contributed by atoms with Crippen molar-refractivity contribution in [2.45, 2.75) is 39.2 Å². The van der Waals surface area contributed by atoms with Crippen LogP contribution in [0.1, 0.15) is 33.6 Å². The molecule has 2 aliphatic rings. The maximum atomic E-state index is 12.0. The molecule has 1 aliphatic carbocycles. The number of carbonyl (C=O) groups excluding carboxylic acids is 1. The largest absolute Gasteiger partial charge is 0.459 e. The number of hydrogen-bond donors (Lipinski definition) is 1. The van der Waals surface area contributed by atoms with Crippen LogP contribution < -0.4 is 5.32 Å². The van der Waals surface area contributed by atoms with E-state index in [0.717, 1.165) is 19.5 Å². The smallest absolute Gasteiger partial charge is 0.314 e. The Labute approximate surface area is 85.2 Å². The summed E-state index contributed by atoms with van der Waals surface area (Å²) in [6.45, 7) is 7.58. The highest BCUT2D eigenvalue weighted by Crippen LogP contribution is 2.50. The van der Waals surface area contributed by atoms with Gasteiger partial charge in [-0.05, 0) is 46.1 Å². The first kappa shape index (κ1) is 9.97. The predicted octanol–water partition coefficient (Wildman–Crippen LogP) is 1.33. The minimum atomic E-state index is -0.353. The van der Waals surface area contributed by atoms with E-state index in [2.05, 4.69) is 5.32 Å². The molecule has 0 bridgehead atoms. The monoisotopic (exact) mass is 197 g/mol. The first-order chi connectivity index (χ1) is 6.44. The van der Waals surface area contributed by atoms with Crippen molar-refractivity contribution in [3.8, 4) is 0 Å². The van der Waals surface area contributed by atoms with Crippen molar-refractivity contribution < 1.29 is 9.53 Å². The van der Waals surface area contributed by atoms with E-state index >= 15 is 0 Å². The Morgan fingerprint density at radius 3 is 2.64 bits per heavy atom. The fraction of sp³-hybridized carbons (Fsp3) is 0.909. The van der Waals surface area contributed by atoms with Gasteiger partial charge in [0.25, 0.3) is 0 Å². The van der Waals surface area contributed by atoms with Crippen LogP contribution in [0.5, 0.6) is 0 Å². The zero-order valence-corrected chi connectivity index (χ0v) is 9.22. The van der Waals surface area contributed by atoms with Crippen molar-refractivity contribution in [3.63, 3.8) is 0 Å². The van der Waals surface area contributed by atoms with Gasteiger partial charge in [0.2, 0.25) is 0 Å². The molecule has 1 saturated carbocycles. The van der Waals surface area contributed by atoms with Crippen LogP contribution in [0.3, 0.4) is 0 Å². The van der Waals surface area contributed by atoms with Crippen LogP contribution in [0.15, 0.2) is 0 Å². The highest BCUT2D eigenvalue weighted by Gasteiger charge is 2.56. The maximum absolute atomic E-state index is 12.0. The van der Waals surface area contributed by atoms with Crippen molar-refractivity contribution >= 4 is 5.97 Å². The van der Waals surface area contributed by atoms with Crippen molar-refractivity contribution in [2.75, 3.05) is 13.1 Å². The zero-order chi connectivity index (χ0) is 10.4. The molecule has 14 heavy (non-hydrogen) atoms. The molecule has 0 radical (unpaired) electrons. The van der Waals surface area contributed by atoms with E-state index in [1.807, 2.05) is 20.8 Å². The second kappa shape index (κ2) is 2.96. The van der Waals surface area contributed by atoms with Crippen LogP contribution in [0, 0.1) is 11.3 Å². The van der Waals surface area contributed by atoms with Gasteiger partial charge in [0.05, 0.1) is 5.41 Å². The van der Waals surface area contributed by atoms with Gasteiger partial charge in [-0.25, -0.2) is 0 Å². The van der Waals surface area contributed by atoms with Gasteiger partial charge < -0.3 is 10.1 Å². The molecule has 0 aromatic rings. The second-order valence-corrected chi connectivity index (χ2v) is 5.52. The maximum Gasteiger partial charge on any atom is 0.314 e. The Kier molecular flexibility index (Phi) is 2.11. The fourth-order valence-electron chi connectivity index (χ4n) is 2.42. The Hall–Kier alpha value is -0.570. The lowest BCUT2D eigenvalue weighted by molar-refractivity contribution is -0.175. The molecule has 0 aromatic heterocycles. The lowest BCUT2D eigenvalue weighted by Crippen LogP contribution is -2.49. The molecule has 80 valence electrons. The average Bonchev–Trinajstić information content (AvgIpc) is 2.24. The van der Waals surface area contributed by atoms with E-state index in [1.165, 1.54) is 6.42 Å². The average molecular weight is 197 g/mol. The molecule has 1 aliphatic heterocycles. The third kappa shape index (κ3) is 1.44. The van der Waals surface area contributed by atoms with E-state index in [4.69, 9.17) is 4.74 Å². The van der Waals surface area contributed by atoms with Crippen LogP contribution in [-0.2, 0) is 9.53 Å². The summed E-state index contributed by atoms with van der Waals surface area (Å²) < 4.78 is 5.47. The summed E-state index contributed by atoms with van der Waals surface area (Å²) in [5.74, 6) is 0.531. The summed E-state index contributed by atoms with van der Waals surface area (Å²) in [7, 11) is 0. The van der Waals surface area contributed by atoms with Gasteiger partial charge in [-0.15, -0.1) is 0 Å². The number of ether oxygens (including phenoxy) is 1. The van der Waals surface area contributed by atoms with E-state index in [-0.39, 0.29) is 17.0 Å². The predicted molar refractivity (Wildman–Crippen MR) is 53.9 cm³/mol. The Morgan fingerprint density at radius 1 is 1.50 bits per heavy atom. The number of fused-ring (bicyclic) bond motifs is 1. The minimum Gasteiger partial charge on any atom is -0.459 e. The molecule has 2 fully saturated rings. The van der Waals surface area contributed by atoms with Crippen molar-refractivity contribution in [1.82, 2.24) is 5.32 Å². The van der Waals surface area contributed by atoms with Crippen molar-refractivity contribution in [3.05, 3.63) is 0 Å². The molecule has 3 nitrogen and oxygen atoms in total. The van der Waals surface area contributed by atoms with E-state index in [0.29, 0.717) is 5.92 Å². The molecular weight excluding hydrogens is 178 g/mol. The number of hydrogen-bond acceptors (Lipinski definition) is 3. The fourth-order valence-corrected chi connectivity index (χ4v) is 2.42. The molecule has 1 heterocycles. The molecule has 2 atom stereocenters. The van der Waals surface area contributed by atoms with Gasteiger partial charge in [0.15, 0.2) is 0 Å². The van der Waals surface area contributed by atoms with Crippen LogP contribution in [0.2, 0.25) is 0 Å². The van der Waals surface area contributed by atoms with Gasteiger partial charge in [0, 0.05) is 6.54 Å². The molecule has 0 spiro atoms. The number of nitrogens with one attached hydrogen (secondary N) is 1. The van der Waals surface area contributed by atoms with Crippen LogP contribution in [-0.4, -0.2) is 24.7 Å². The summed E-state index contributed by atoms with van der Waals surface area (Å²) in [6.07, 6.45) is 2.17. The Morgan fingerprint density at radius 2 is 2.21 bits per heavy atom. The third-order valence-corrected chi connectivity index (χ3v) is 3.36. The lowest BCUT2D eigenvalue weighted by Gasteiger charge is -2.42. The molecule has 0 unspecified atom stereocenters. The molecular formula is C11H19NO2. The van der Waals surface area contributed by atoms with Crippen LogP contribution >= 0.6 is 0 Å². The summed E-state index contributed by atoms with van der Waals surface area (Å²) in [4.78, 5) is 12.0. The zero-order valence-electron chi connectivity index (χ0n) is 9.22. The van der Waals surface area contributed by atoms with E-state index < -0.39 is 0 Å². The van der Waals surface area contributed by atoms with Gasteiger partial charge in [-0.1, -0.05) is 0 Å². The summed E-state index contributed by atoms with van der Waals surface area (Å²) in [6, 6.07) is 0. The topological polar surface area (TPSA) is 38.3 Å². The SMILES string of the molecule is CC(C)(C)OC(=O)[C@]12CC[C@H]1CNC2. The van der Waals surface area contributed by atoms with E-state index in [9.17, 15) is 4.79 Å². The van der Waals surface area contributed by atoms with Gasteiger partial charge in [-0.3, -0.25) is 4.79 Å². The first-order valence-electron chi connectivity index (χ1n) is 5.38. The second-order valence-electron chi connectivity index (χ2n) is 5.52. The summed E-state index contributed by atoms with van der Waals surface area (Å²) in [5, 5.41) is 3.29.